The van der Waals surface area contributed by atoms with E-state index in [2.05, 4.69) is 4.74 Å². The third-order valence-corrected chi connectivity index (χ3v) is 1.63. The van der Waals surface area contributed by atoms with Crippen molar-refractivity contribution in [1.82, 2.24) is 0 Å². The molecule has 0 aliphatic rings. The van der Waals surface area contributed by atoms with E-state index >= 15 is 0 Å². The van der Waals surface area contributed by atoms with Crippen LogP contribution in [-0.4, -0.2) is 18.2 Å². The number of hydrogen-bond donors (Lipinski definition) is 1. The molecule has 4 nitrogen and oxygen atoms in total. The SMILES string of the molecule is COc1cc(C(=O)O)cc(F)c1C#N. The first-order chi connectivity index (χ1) is 6.60. The lowest BCUT2D eigenvalue weighted by Crippen LogP contribution is -2.00. The molecule has 14 heavy (non-hydrogen) atoms. The van der Waals surface area contributed by atoms with Crippen LogP contribution < -0.4 is 4.74 Å². The second kappa shape index (κ2) is 3.75. The van der Waals surface area contributed by atoms with E-state index in [1.165, 1.54) is 7.11 Å². The summed E-state index contributed by atoms with van der Waals surface area (Å²) in [7, 11) is 1.24. The number of aromatic carboxylic acids is 1. The molecular formula is C9H6FNO3. The normalized spacial score (nSPS) is 9.21. The number of rotatable bonds is 2. The summed E-state index contributed by atoms with van der Waals surface area (Å²) >= 11 is 0. The molecule has 0 radical (unpaired) electrons. The quantitative estimate of drug-likeness (QED) is 0.774. The molecular weight excluding hydrogens is 189 g/mol. The summed E-state index contributed by atoms with van der Waals surface area (Å²) in [6.45, 7) is 0. The molecule has 5 heteroatoms. The summed E-state index contributed by atoms with van der Waals surface area (Å²) in [5.74, 6) is -2.25. The Morgan fingerprint density at radius 3 is 2.71 bits per heavy atom. The smallest absolute Gasteiger partial charge is 0.335 e. The van der Waals surface area contributed by atoms with Gasteiger partial charge in [0.2, 0.25) is 0 Å². The van der Waals surface area contributed by atoms with Gasteiger partial charge in [0.25, 0.3) is 0 Å². The fourth-order valence-corrected chi connectivity index (χ4v) is 0.974. The summed E-state index contributed by atoms with van der Waals surface area (Å²) in [6.07, 6.45) is 0. The highest BCUT2D eigenvalue weighted by Crippen LogP contribution is 2.22. The van der Waals surface area contributed by atoms with Crippen molar-refractivity contribution in [3.8, 4) is 11.8 Å². The zero-order chi connectivity index (χ0) is 10.7. The van der Waals surface area contributed by atoms with Gasteiger partial charge in [-0.25, -0.2) is 9.18 Å². The molecule has 1 aromatic rings. The highest BCUT2D eigenvalue weighted by Gasteiger charge is 2.14. The highest BCUT2D eigenvalue weighted by molar-refractivity contribution is 5.88. The molecule has 72 valence electrons. The van der Waals surface area contributed by atoms with Crippen LogP contribution in [0.1, 0.15) is 15.9 Å². The first kappa shape index (κ1) is 9.99. The first-order valence-electron chi connectivity index (χ1n) is 3.61. The molecule has 0 aliphatic heterocycles. The summed E-state index contributed by atoms with van der Waals surface area (Å²) in [5.41, 5.74) is -0.546. The predicted octanol–water partition coefficient (Wildman–Crippen LogP) is 1.40. The number of benzene rings is 1. The van der Waals surface area contributed by atoms with Crippen molar-refractivity contribution in [2.75, 3.05) is 7.11 Å². The van der Waals surface area contributed by atoms with Crippen molar-refractivity contribution in [3.63, 3.8) is 0 Å². The highest BCUT2D eigenvalue weighted by atomic mass is 19.1. The van der Waals surface area contributed by atoms with Crippen LogP contribution in [0.4, 0.5) is 4.39 Å². The molecule has 0 spiro atoms. The van der Waals surface area contributed by atoms with E-state index in [1.54, 1.807) is 6.07 Å². The molecule has 0 aromatic heterocycles. The predicted molar refractivity (Wildman–Crippen MR) is 44.6 cm³/mol. The molecule has 0 aliphatic carbocycles. The van der Waals surface area contributed by atoms with Gasteiger partial charge < -0.3 is 9.84 Å². The van der Waals surface area contributed by atoms with Crippen LogP contribution >= 0.6 is 0 Å². The van der Waals surface area contributed by atoms with Gasteiger partial charge in [0.05, 0.1) is 12.7 Å². The average Bonchev–Trinajstić information content (AvgIpc) is 2.16. The van der Waals surface area contributed by atoms with E-state index in [-0.39, 0.29) is 16.9 Å². The maximum absolute atomic E-state index is 13.1. The molecule has 0 atom stereocenters. The Balaban J connectivity index is 3.40. The van der Waals surface area contributed by atoms with Crippen LogP contribution in [0.2, 0.25) is 0 Å². The number of carboxylic acid groups (broad SMARTS) is 1. The first-order valence-corrected chi connectivity index (χ1v) is 3.61. The monoisotopic (exact) mass is 195 g/mol. The van der Waals surface area contributed by atoms with Crippen molar-refractivity contribution < 1.29 is 19.0 Å². The van der Waals surface area contributed by atoms with Crippen LogP contribution in [-0.2, 0) is 0 Å². The van der Waals surface area contributed by atoms with Gasteiger partial charge >= 0.3 is 5.97 Å². The number of ether oxygens (including phenoxy) is 1. The lowest BCUT2D eigenvalue weighted by Gasteiger charge is -2.04. The minimum Gasteiger partial charge on any atom is -0.495 e. The maximum Gasteiger partial charge on any atom is 0.335 e. The van der Waals surface area contributed by atoms with E-state index in [0.717, 1.165) is 12.1 Å². The van der Waals surface area contributed by atoms with Crippen molar-refractivity contribution in [2.45, 2.75) is 0 Å². The van der Waals surface area contributed by atoms with Crippen LogP contribution in [0.25, 0.3) is 0 Å². The fraction of sp³-hybridized carbons (Fsp3) is 0.111. The molecule has 0 amide bonds. The zero-order valence-corrected chi connectivity index (χ0v) is 7.24. The van der Waals surface area contributed by atoms with E-state index in [0.29, 0.717) is 0 Å². The molecule has 1 aromatic carbocycles. The minimum atomic E-state index is -1.27. The molecule has 0 fully saturated rings. The topological polar surface area (TPSA) is 70.3 Å². The number of nitrogens with zero attached hydrogens (tertiary/aromatic N) is 1. The molecule has 0 bridgehead atoms. The van der Waals surface area contributed by atoms with E-state index in [4.69, 9.17) is 10.4 Å². The van der Waals surface area contributed by atoms with Gasteiger partial charge in [-0.15, -0.1) is 0 Å². The van der Waals surface area contributed by atoms with Gasteiger partial charge in [-0.3, -0.25) is 0 Å². The molecule has 0 unspecified atom stereocenters. The third kappa shape index (κ3) is 1.64. The Morgan fingerprint density at radius 1 is 1.64 bits per heavy atom. The van der Waals surface area contributed by atoms with Gasteiger partial charge in [0.15, 0.2) is 0 Å². The van der Waals surface area contributed by atoms with Crippen LogP contribution in [0.5, 0.6) is 5.75 Å². The maximum atomic E-state index is 13.1. The number of nitriles is 1. The summed E-state index contributed by atoms with van der Waals surface area (Å²) in [5, 5.41) is 17.1. The minimum absolute atomic E-state index is 0.0788. The Hall–Kier alpha value is -2.09. The Labute approximate surface area is 79.2 Å². The van der Waals surface area contributed by atoms with Gasteiger partial charge in [0, 0.05) is 0 Å². The van der Waals surface area contributed by atoms with Crippen molar-refractivity contribution in [1.29, 1.82) is 5.26 Å². The Kier molecular flexibility index (Phi) is 2.67. The van der Waals surface area contributed by atoms with Gasteiger partial charge in [-0.1, -0.05) is 0 Å². The largest absolute Gasteiger partial charge is 0.495 e. The lowest BCUT2D eigenvalue weighted by molar-refractivity contribution is 0.0696. The van der Waals surface area contributed by atoms with E-state index in [9.17, 15) is 9.18 Å². The lowest BCUT2D eigenvalue weighted by atomic mass is 10.1. The van der Waals surface area contributed by atoms with Gasteiger partial charge in [-0.2, -0.15) is 5.26 Å². The van der Waals surface area contributed by atoms with Crippen LogP contribution in [0.15, 0.2) is 12.1 Å². The summed E-state index contributed by atoms with van der Waals surface area (Å²) in [6, 6.07) is 3.47. The van der Waals surface area contributed by atoms with Crippen molar-refractivity contribution >= 4 is 5.97 Å². The number of carbonyl (C=O) groups is 1. The number of halogens is 1. The van der Waals surface area contributed by atoms with Crippen molar-refractivity contribution in [2.24, 2.45) is 0 Å². The Morgan fingerprint density at radius 2 is 2.29 bits per heavy atom. The van der Waals surface area contributed by atoms with Crippen LogP contribution in [0, 0.1) is 17.1 Å². The van der Waals surface area contributed by atoms with E-state index in [1.807, 2.05) is 0 Å². The third-order valence-electron chi connectivity index (χ3n) is 1.63. The number of hydrogen-bond acceptors (Lipinski definition) is 3. The van der Waals surface area contributed by atoms with E-state index < -0.39 is 11.8 Å². The second-order valence-electron chi connectivity index (χ2n) is 2.45. The molecule has 1 rings (SSSR count). The average molecular weight is 195 g/mol. The summed E-state index contributed by atoms with van der Waals surface area (Å²) in [4.78, 5) is 10.5. The summed E-state index contributed by atoms with van der Waals surface area (Å²) < 4.78 is 17.8. The zero-order valence-electron chi connectivity index (χ0n) is 7.24. The van der Waals surface area contributed by atoms with Crippen LogP contribution in [0.3, 0.4) is 0 Å². The fourth-order valence-electron chi connectivity index (χ4n) is 0.974. The van der Waals surface area contributed by atoms with Gasteiger partial charge in [0.1, 0.15) is 23.2 Å². The number of carboxylic acids is 1. The molecule has 0 saturated carbocycles. The molecule has 1 N–H and O–H groups in total. The molecule has 0 heterocycles. The van der Waals surface area contributed by atoms with Gasteiger partial charge in [-0.05, 0) is 12.1 Å². The second-order valence-corrected chi connectivity index (χ2v) is 2.45. The standard InChI is InChI=1S/C9H6FNO3/c1-14-8-3-5(9(12)13)2-7(10)6(8)4-11/h2-3H,1H3,(H,12,13). The molecule has 0 saturated heterocycles. The number of methoxy groups -OCH3 is 1. The van der Waals surface area contributed by atoms with Crippen molar-refractivity contribution in [3.05, 3.63) is 29.1 Å². The Bertz CT molecular complexity index is 423.